The van der Waals surface area contributed by atoms with Gasteiger partial charge in [0.05, 0.1) is 29.9 Å². The summed E-state index contributed by atoms with van der Waals surface area (Å²) in [6.07, 6.45) is 3.63. The minimum atomic E-state index is 0.540. The van der Waals surface area contributed by atoms with Crippen molar-refractivity contribution < 1.29 is 4.74 Å². The average molecular weight is 292 g/mol. The molecule has 0 N–H and O–H groups in total. The number of benzene rings is 1. The Morgan fingerprint density at radius 3 is 2.94 bits per heavy atom. The van der Waals surface area contributed by atoms with Crippen molar-refractivity contribution in [2.24, 2.45) is 0 Å². The van der Waals surface area contributed by atoms with E-state index in [1.54, 1.807) is 19.4 Å². The molecule has 2 aromatic rings. The number of aromatic nitrogens is 2. The van der Waals surface area contributed by atoms with Crippen LogP contribution in [0.25, 0.3) is 0 Å². The van der Waals surface area contributed by atoms with Crippen molar-refractivity contribution in [1.29, 1.82) is 5.26 Å². The van der Waals surface area contributed by atoms with Crippen LogP contribution in [0.2, 0.25) is 0 Å². The van der Waals surface area contributed by atoms with Crippen LogP contribution in [0.1, 0.15) is 11.1 Å². The Kier molecular flexibility index (Phi) is 3.45. The summed E-state index contributed by atoms with van der Waals surface area (Å²) in [6, 6.07) is 7.60. The van der Waals surface area contributed by atoms with Crippen LogP contribution in [0.5, 0.6) is 5.75 Å². The number of halogens is 1. The second kappa shape index (κ2) is 5.02. The van der Waals surface area contributed by atoms with Gasteiger partial charge in [0.2, 0.25) is 0 Å². The lowest BCUT2D eigenvalue weighted by atomic mass is 10.1. The molecule has 0 saturated carbocycles. The largest absolute Gasteiger partial charge is 0.495 e. The van der Waals surface area contributed by atoms with Crippen LogP contribution < -0.4 is 4.74 Å². The molecule has 0 aliphatic rings. The molecule has 0 amide bonds. The number of nitrogens with zero attached hydrogens (tertiary/aromatic N) is 3. The summed E-state index contributed by atoms with van der Waals surface area (Å²) < 4.78 is 7.91. The summed E-state index contributed by atoms with van der Waals surface area (Å²) in [6.45, 7) is 0.646. The molecule has 0 fully saturated rings. The number of hydrogen-bond acceptors (Lipinski definition) is 3. The maximum absolute atomic E-state index is 8.88. The maximum Gasteiger partial charge on any atom is 0.136 e. The van der Waals surface area contributed by atoms with Gasteiger partial charge in [0, 0.05) is 6.20 Å². The Bertz CT molecular complexity index is 571. The maximum atomic E-state index is 8.88. The first-order valence-electron chi connectivity index (χ1n) is 4.98. The summed E-state index contributed by atoms with van der Waals surface area (Å²) >= 11 is 3.35. The standard InChI is InChI=1S/C12H10BrN3O/c1-17-12-4-9(2-3-10(12)5-14)7-16-8-11(13)6-15-16/h2-4,6,8H,7H2,1H3. The highest BCUT2D eigenvalue weighted by Crippen LogP contribution is 2.20. The van der Waals surface area contributed by atoms with Crippen LogP contribution in [0.15, 0.2) is 35.1 Å². The smallest absolute Gasteiger partial charge is 0.136 e. The lowest BCUT2D eigenvalue weighted by molar-refractivity contribution is 0.412. The van der Waals surface area contributed by atoms with Crippen LogP contribution in [0.4, 0.5) is 0 Å². The fourth-order valence-corrected chi connectivity index (χ4v) is 1.87. The fraction of sp³-hybridized carbons (Fsp3) is 0.167. The molecule has 5 heteroatoms. The molecule has 1 aromatic carbocycles. The summed E-state index contributed by atoms with van der Waals surface area (Å²) in [5.74, 6) is 0.594. The highest BCUT2D eigenvalue weighted by molar-refractivity contribution is 9.10. The molecule has 0 atom stereocenters. The van der Waals surface area contributed by atoms with E-state index >= 15 is 0 Å². The Morgan fingerprint density at radius 1 is 1.53 bits per heavy atom. The average Bonchev–Trinajstić information content (AvgIpc) is 2.74. The topological polar surface area (TPSA) is 50.8 Å². The summed E-state index contributed by atoms with van der Waals surface area (Å²) in [5.41, 5.74) is 1.58. The Hall–Kier alpha value is -1.80. The van der Waals surface area contributed by atoms with Crippen LogP contribution in [-0.4, -0.2) is 16.9 Å². The number of hydrogen-bond donors (Lipinski definition) is 0. The molecular formula is C12H10BrN3O. The Labute approximate surface area is 108 Å². The van der Waals surface area contributed by atoms with Crippen molar-refractivity contribution in [2.45, 2.75) is 6.54 Å². The van der Waals surface area contributed by atoms with Crippen molar-refractivity contribution in [3.8, 4) is 11.8 Å². The third kappa shape index (κ3) is 2.66. The van der Waals surface area contributed by atoms with E-state index < -0.39 is 0 Å². The van der Waals surface area contributed by atoms with E-state index in [4.69, 9.17) is 10.00 Å². The van der Waals surface area contributed by atoms with Gasteiger partial charge in [0.1, 0.15) is 11.8 Å². The van der Waals surface area contributed by atoms with Crippen LogP contribution in [0.3, 0.4) is 0 Å². The molecule has 1 aromatic heterocycles. The molecule has 0 saturated heterocycles. The highest BCUT2D eigenvalue weighted by atomic mass is 79.9. The van der Waals surface area contributed by atoms with Gasteiger partial charge in [-0.3, -0.25) is 4.68 Å². The predicted octanol–water partition coefficient (Wildman–Crippen LogP) is 2.57. The normalized spacial score (nSPS) is 9.94. The van der Waals surface area contributed by atoms with Gasteiger partial charge in [-0.1, -0.05) is 6.07 Å². The molecule has 1 heterocycles. The van der Waals surface area contributed by atoms with E-state index in [0.29, 0.717) is 17.9 Å². The summed E-state index contributed by atoms with van der Waals surface area (Å²) in [4.78, 5) is 0. The number of nitriles is 1. The zero-order valence-electron chi connectivity index (χ0n) is 9.22. The van der Waals surface area contributed by atoms with Gasteiger partial charge in [-0.05, 0) is 33.6 Å². The third-order valence-corrected chi connectivity index (χ3v) is 2.74. The lowest BCUT2D eigenvalue weighted by Gasteiger charge is -2.06. The highest BCUT2D eigenvalue weighted by Gasteiger charge is 2.04. The van der Waals surface area contributed by atoms with Gasteiger partial charge in [-0.25, -0.2) is 0 Å². The van der Waals surface area contributed by atoms with E-state index in [1.807, 2.05) is 23.0 Å². The lowest BCUT2D eigenvalue weighted by Crippen LogP contribution is -2.00. The molecule has 2 rings (SSSR count). The van der Waals surface area contributed by atoms with Crippen molar-refractivity contribution in [3.63, 3.8) is 0 Å². The summed E-state index contributed by atoms with van der Waals surface area (Å²) in [7, 11) is 1.56. The summed E-state index contributed by atoms with van der Waals surface area (Å²) in [5, 5.41) is 13.1. The molecule has 0 unspecified atom stereocenters. The van der Waals surface area contributed by atoms with Crippen LogP contribution in [0, 0.1) is 11.3 Å². The zero-order chi connectivity index (χ0) is 12.3. The number of ether oxygens (including phenoxy) is 1. The molecular weight excluding hydrogens is 282 g/mol. The van der Waals surface area contributed by atoms with E-state index in [-0.39, 0.29) is 0 Å². The van der Waals surface area contributed by atoms with Crippen molar-refractivity contribution >= 4 is 15.9 Å². The zero-order valence-corrected chi connectivity index (χ0v) is 10.8. The van der Waals surface area contributed by atoms with E-state index in [9.17, 15) is 0 Å². The third-order valence-electron chi connectivity index (χ3n) is 2.33. The second-order valence-corrected chi connectivity index (χ2v) is 4.42. The fourth-order valence-electron chi connectivity index (χ4n) is 1.54. The van der Waals surface area contributed by atoms with E-state index in [0.717, 1.165) is 10.0 Å². The van der Waals surface area contributed by atoms with Gasteiger partial charge in [-0.15, -0.1) is 0 Å². The Balaban J connectivity index is 2.25. The minimum absolute atomic E-state index is 0.540. The van der Waals surface area contributed by atoms with Crippen molar-refractivity contribution in [2.75, 3.05) is 7.11 Å². The molecule has 86 valence electrons. The monoisotopic (exact) mass is 291 g/mol. The predicted molar refractivity (Wildman–Crippen MR) is 66.7 cm³/mol. The first kappa shape index (κ1) is 11.7. The number of methoxy groups -OCH3 is 1. The molecule has 17 heavy (non-hydrogen) atoms. The molecule has 0 spiro atoms. The molecule has 0 radical (unpaired) electrons. The first-order valence-corrected chi connectivity index (χ1v) is 5.77. The Morgan fingerprint density at radius 2 is 2.35 bits per heavy atom. The second-order valence-electron chi connectivity index (χ2n) is 3.50. The van der Waals surface area contributed by atoms with Crippen LogP contribution >= 0.6 is 15.9 Å². The first-order chi connectivity index (χ1) is 8.22. The van der Waals surface area contributed by atoms with E-state index in [1.165, 1.54) is 0 Å². The van der Waals surface area contributed by atoms with Gasteiger partial charge >= 0.3 is 0 Å². The van der Waals surface area contributed by atoms with Gasteiger partial charge in [-0.2, -0.15) is 10.4 Å². The van der Waals surface area contributed by atoms with E-state index in [2.05, 4.69) is 27.1 Å². The van der Waals surface area contributed by atoms with Crippen molar-refractivity contribution in [3.05, 3.63) is 46.2 Å². The minimum Gasteiger partial charge on any atom is -0.495 e. The quantitative estimate of drug-likeness (QED) is 0.873. The molecule has 0 bridgehead atoms. The number of rotatable bonds is 3. The molecule has 0 aliphatic heterocycles. The van der Waals surface area contributed by atoms with Gasteiger partial charge < -0.3 is 4.74 Å². The molecule has 4 nitrogen and oxygen atoms in total. The van der Waals surface area contributed by atoms with Gasteiger partial charge in [0.15, 0.2) is 0 Å². The van der Waals surface area contributed by atoms with Crippen LogP contribution in [-0.2, 0) is 6.54 Å². The van der Waals surface area contributed by atoms with Crippen molar-refractivity contribution in [1.82, 2.24) is 9.78 Å². The van der Waals surface area contributed by atoms with Gasteiger partial charge in [0.25, 0.3) is 0 Å². The molecule has 0 aliphatic carbocycles. The SMILES string of the molecule is COc1cc(Cn2cc(Br)cn2)ccc1C#N.